The van der Waals surface area contributed by atoms with Crippen molar-refractivity contribution in [3.8, 4) is 17.4 Å². The third kappa shape index (κ3) is 4.31. The molecule has 0 aliphatic carbocycles. The quantitative estimate of drug-likeness (QED) is 0.149. The highest BCUT2D eigenvalue weighted by molar-refractivity contribution is 6.14. The van der Waals surface area contributed by atoms with Gasteiger partial charge in [0.2, 0.25) is 5.78 Å². The SMILES string of the molecule is COC(=O)c1ccc(-c2ccc(/C=C(\C#N)C(=O)c3cccc([N+](=O)[O-])c3)o2)cc1. The number of Topliss-reactive ketones (excluding diaryl/α,β-unsaturated/α-hetero) is 1. The lowest BCUT2D eigenvalue weighted by atomic mass is 10.0. The van der Waals surface area contributed by atoms with Crippen LogP contribution in [0.4, 0.5) is 5.69 Å². The van der Waals surface area contributed by atoms with E-state index in [-0.39, 0.29) is 22.6 Å². The van der Waals surface area contributed by atoms with Gasteiger partial charge in [0.1, 0.15) is 23.2 Å². The van der Waals surface area contributed by atoms with Gasteiger partial charge in [0, 0.05) is 29.3 Å². The number of rotatable bonds is 6. The molecule has 0 saturated carbocycles. The van der Waals surface area contributed by atoms with Crippen molar-refractivity contribution in [2.45, 2.75) is 0 Å². The molecule has 0 fully saturated rings. The van der Waals surface area contributed by atoms with E-state index in [1.807, 2.05) is 0 Å². The molecule has 8 heteroatoms. The standard InChI is InChI=1S/C22H14N2O6/c1-29-22(26)15-7-5-14(6-8-15)20-10-9-19(30-20)12-17(13-23)21(25)16-3-2-4-18(11-16)24(27)28/h2-12H,1H3/b17-12+. The molecule has 0 amide bonds. The van der Waals surface area contributed by atoms with Crippen molar-refractivity contribution >= 4 is 23.5 Å². The molecular formula is C22H14N2O6. The lowest BCUT2D eigenvalue weighted by Crippen LogP contribution is -2.02. The first kappa shape index (κ1) is 20.2. The van der Waals surface area contributed by atoms with Crippen molar-refractivity contribution < 1.29 is 23.7 Å². The Morgan fingerprint density at radius 3 is 2.47 bits per heavy atom. The van der Waals surface area contributed by atoms with E-state index in [1.54, 1.807) is 42.5 Å². The van der Waals surface area contributed by atoms with Gasteiger partial charge in [-0.25, -0.2) is 4.79 Å². The minimum absolute atomic E-state index is 0.0298. The predicted molar refractivity (Wildman–Crippen MR) is 107 cm³/mol. The Kier molecular flexibility index (Phi) is 5.84. The van der Waals surface area contributed by atoms with Crippen LogP contribution in [0.3, 0.4) is 0 Å². The molecule has 0 N–H and O–H groups in total. The molecule has 2 aromatic carbocycles. The molecule has 0 aliphatic rings. The number of nitrogens with zero attached hydrogens (tertiary/aromatic N) is 2. The van der Waals surface area contributed by atoms with Crippen LogP contribution in [0.15, 0.2) is 70.7 Å². The van der Waals surface area contributed by atoms with Gasteiger partial charge < -0.3 is 9.15 Å². The van der Waals surface area contributed by atoms with Gasteiger partial charge in [-0.2, -0.15) is 5.26 Å². The average molecular weight is 402 g/mol. The fourth-order valence-corrected chi connectivity index (χ4v) is 2.68. The molecule has 0 bridgehead atoms. The van der Waals surface area contributed by atoms with Gasteiger partial charge in [-0.3, -0.25) is 14.9 Å². The van der Waals surface area contributed by atoms with Gasteiger partial charge >= 0.3 is 5.97 Å². The lowest BCUT2D eigenvalue weighted by molar-refractivity contribution is -0.384. The number of methoxy groups -OCH3 is 1. The number of ketones is 1. The first-order valence-corrected chi connectivity index (χ1v) is 8.62. The highest BCUT2D eigenvalue weighted by Gasteiger charge is 2.16. The number of nitro groups is 1. The maximum absolute atomic E-state index is 12.6. The van der Waals surface area contributed by atoms with E-state index in [0.717, 1.165) is 6.07 Å². The number of hydrogen-bond acceptors (Lipinski definition) is 7. The van der Waals surface area contributed by atoms with E-state index in [9.17, 15) is 25.0 Å². The molecule has 3 aromatic rings. The highest BCUT2D eigenvalue weighted by Crippen LogP contribution is 2.25. The van der Waals surface area contributed by atoms with Gasteiger partial charge in [-0.05, 0) is 24.3 Å². The van der Waals surface area contributed by atoms with Gasteiger partial charge in [-0.1, -0.05) is 24.3 Å². The van der Waals surface area contributed by atoms with Crippen molar-refractivity contribution in [2.24, 2.45) is 0 Å². The second kappa shape index (κ2) is 8.67. The summed E-state index contributed by atoms with van der Waals surface area (Å²) in [7, 11) is 1.29. The van der Waals surface area contributed by atoms with Crippen LogP contribution in [0.25, 0.3) is 17.4 Å². The summed E-state index contributed by atoms with van der Waals surface area (Å²) in [6.45, 7) is 0. The summed E-state index contributed by atoms with van der Waals surface area (Å²) in [4.78, 5) is 34.3. The molecule has 148 valence electrons. The molecule has 0 radical (unpaired) electrons. The zero-order valence-corrected chi connectivity index (χ0v) is 15.7. The van der Waals surface area contributed by atoms with E-state index in [0.29, 0.717) is 16.9 Å². The number of ether oxygens (including phenoxy) is 1. The molecule has 0 aliphatic heterocycles. The average Bonchev–Trinajstić information content (AvgIpc) is 3.25. The first-order chi connectivity index (χ1) is 14.4. The summed E-state index contributed by atoms with van der Waals surface area (Å²) in [6.07, 6.45) is 1.27. The number of allylic oxidation sites excluding steroid dienone is 1. The lowest BCUT2D eigenvalue weighted by Gasteiger charge is -2.01. The van der Waals surface area contributed by atoms with Crippen LogP contribution < -0.4 is 0 Å². The van der Waals surface area contributed by atoms with Crippen LogP contribution in [-0.2, 0) is 4.74 Å². The van der Waals surface area contributed by atoms with E-state index >= 15 is 0 Å². The zero-order valence-electron chi connectivity index (χ0n) is 15.7. The number of hydrogen-bond donors (Lipinski definition) is 0. The summed E-state index contributed by atoms with van der Waals surface area (Å²) in [6, 6.07) is 16.7. The monoisotopic (exact) mass is 402 g/mol. The number of nitro benzene ring substituents is 1. The number of furan rings is 1. The molecule has 1 heterocycles. The Morgan fingerprint density at radius 2 is 1.83 bits per heavy atom. The molecule has 3 rings (SSSR count). The fourth-order valence-electron chi connectivity index (χ4n) is 2.68. The minimum Gasteiger partial charge on any atom is -0.465 e. The van der Waals surface area contributed by atoms with E-state index in [1.165, 1.54) is 31.4 Å². The van der Waals surface area contributed by atoms with Crippen molar-refractivity contribution in [1.82, 2.24) is 0 Å². The fraction of sp³-hybridized carbons (Fsp3) is 0.0455. The predicted octanol–water partition coefficient (Wildman–Crippen LogP) is 4.43. The van der Waals surface area contributed by atoms with Crippen molar-refractivity contribution in [3.63, 3.8) is 0 Å². The summed E-state index contributed by atoms with van der Waals surface area (Å²) >= 11 is 0. The third-order valence-electron chi connectivity index (χ3n) is 4.19. The molecule has 8 nitrogen and oxygen atoms in total. The van der Waals surface area contributed by atoms with Crippen LogP contribution in [0.1, 0.15) is 26.5 Å². The Balaban J connectivity index is 1.86. The normalized spacial score (nSPS) is 10.9. The largest absolute Gasteiger partial charge is 0.465 e. The second-order valence-corrected chi connectivity index (χ2v) is 6.08. The van der Waals surface area contributed by atoms with E-state index in [4.69, 9.17) is 4.42 Å². The molecule has 0 atom stereocenters. The Labute approximate surface area is 170 Å². The van der Waals surface area contributed by atoms with Crippen LogP contribution in [-0.4, -0.2) is 23.8 Å². The smallest absolute Gasteiger partial charge is 0.337 e. The Hall–Kier alpha value is -4.51. The molecule has 1 aromatic heterocycles. The summed E-state index contributed by atoms with van der Waals surface area (Å²) in [5.74, 6) is -0.375. The van der Waals surface area contributed by atoms with Crippen LogP contribution in [0, 0.1) is 21.4 Å². The summed E-state index contributed by atoms with van der Waals surface area (Å²) < 4.78 is 10.3. The summed E-state index contributed by atoms with van der Waals surface area (Å²) in [5.41, 5.74) is 0.640. The van der Waals surface area contributed by atoms with Crippen LogP contribution in [0.2, 0.25) is 0 Å². The highest BCUT2D eigenvalue weighted by atomic mass is 16.6. The van der Waals surface area contributed by atoms with Crippen molar-refractivity contribution in [2.75, 3.05) is 7.11 Å². The van der Waals surface area contributed by atoms with Gasteiger partial charge in [-0.15, -0.1) is 0 Å². The second-order valence-electron chi connectivity index (χ2n) is 6.08. The summed E-state index contributed by atoms with van der Waals surface area (Å²) in [5, 5.41) is 20.3. The van der Waals surface area contributed by atoms with E-state index < -0.39 is 16.7 Å². The van der Waals surface area contributed by atoms with Gasteiger partial charge in [0.25, 0.3) is 5.69 Å². The van der Waals surface area contributed by atoms with Crippen molar-refractivity contribution in [3.05, 3.63) is 93.2 Å². The zero-order chi connectivity index (χ0) is 21.7. The van der Waals surface area contributed by atoms with Crippen LogP contribution in [0.5, 0.6) is 0 Å². The van der Waals surface area contributed by atoms with Crippen LogP contribution >= 0.6 is 0 Å². The number of carbonyl (C=O) groups is 2. The number of esters is 1. The van der Waals surface area contributed by atoms with Gasteiger partial charge in [0.05, 0.1) is 17.6 Å². The molecule has 30 heavy (non-hydrogen) atoms. The van der Waals surface area contributed by atoms with Gasteiger partial charge in [0.15, 0.2) is 0 Å². The third-order valence-corrected chi connectivity index (χ3v) is 4.19. The number of non-ortho nitro benzene ring substituents is 1. The number of nitriles is 1. The number of carbonyl (C=O) groups excluding carboxylic acids is 2. The number of benzene rings is 2. The minimum atomic E-state index is -0.651. The molecule has 0 saturated heterocycles. The maximum atomic E-state index is 12.6. The molecule has 0 spiro atoms. The Bertz CT molecular complexity index is 1200. The van der Waals surface area contributed by atoms with E-state index in [2.05, 4.69) is 4.74 Å². The Morgan fingerprint density at radius 1 is 1.10 bits per heavy atom. The maximum Gasteiger partial charge on any atom is 0.337 e. The topological polar surface area (TPSA) is 123 Å². The molecular weight excluding hydrogens is 388 g/mol. The molecule has 0 unspecified atom stereocenters. The first-order valence-electron chi connectivity index (χ1n) is 8.62. The van der Waals surface area contributed by atoms with Crippen molar-refractivity contribution in [1.29, 1.82) is 5.26 Å².